The molecule has 0 fully saturated rings. The zero-order chi connectivity index (χ0) is 37.7. The monoisotopic (exact) mass is 731 g/mol. The molecule has 0 aliphatic rings. The second-order valence-corrected chi connectivity index (χ2v) is 15.0. The number of nitrogens with one attached hydrogen (secondary N) is 2. The molecule has 3 aromatic carbocycles. The first-order valence-electron chi connectivity index (χ1n) is 17.3. The average molecular weight is 732 g/mol. The molecule has 4 N–H and O–H groups in total. The third-order valence-electron chi connectivity index (χ3n) is 8.98. The minimum Gasteiger partial charge on any atom is -0.453 e. The van der Waals surface area contributed by atoms with Crippen molar-refractivity contribution in [1.82, 2.24) is 14.9 Å². The SMILES string of the molecule is CCC(CCC[C@@H](CO)N(CCC(C)C)S(=O)(=O)c1ccc([C@H](C)O)cc1)NC(=O)[C@@H](NC(=O)OC)C(c1ccc(F)cc1)c1ccc(F)cc1. The zero-order valence-corrected chi connectivity index (χ0v) is 30.7. The normalized spacial score (nSPS) is 14.3. The standard InChI is InChI=1S/C38H51F2N3O7S/c1-6-32(8-7-9-33(24-44)43(23-22-25(2)3)51(48,49)34-20-14-27(15-21-34)26(4)45)41-37(46)36(42-38(47)50-5)35(28-10-16-30(39)17-11-28)29-12-18-31(40)19-13-29/h10-21,25-26,32-33,35-36,44-45H,6-9,22-24H2,1-5H3,(H,41,46)(H,42,47)/t26-,32?,33-,36-/m0/s1. The van der Waals surface area contributed by atoms with Crippen molar-refractivity contribution < 1.29 is 41.7 Å². The average Bonchev–Trinajstić information content (AvgIpc) is 3.11. The Bertz CT molecular complexity index is 1590. The first-order chi connectivity index (χ1) is 24.2. The molecule has 4 atom stereocenters. The minimum atomic E-state index is -4.00. The smallest absolute Gasteiger partial charge is 0.407 e. The van der Waals surface area contributed by atoms with Gasteiger partial charge in [0.25, 0.3) is 0 Å². The maximum Gasteiger partial charge on any atom is 0.407 e. The van der Waals surface area contributed by atoms with Crippen molar-refractivity contribution in [1.29, 1.82) is 0 Å². The van der Waals surface area contributed by atoms with Crippen molar-refractivity contribution in [2.24, 2.45) is 5.92 Å². The van der Waals surface area contributed by atoms with Gasteiger partial charge in [0.15, 0.2) is 0 Å². The predicted molar refractivity (Wildman–Crippen MR) is 191 cm³/mol. The third kappa shape index (κ3) is 11.8. The summed E-state index contributed by atoms with van der Waals surface area (Å²) in [7, 11) is -2.83. The van der Waals surface area contributed by atoms with Crippen LogP contribution in [0.25, 0.3) is 0 Å². The molecule has 0 aliphatic carbocycles. The number of rotatable bonds is 19. The molecule has 0 aliphatic heterocycles. The number of methoxy groups -OCH3 is 1. The summed E-state index contributed by atoms with van der Waals surface area (Å²) in [6.45, 7) is 7.25. The highest BCUT2D eigenvalue weighted by Gasteiger charge is 2.35. The Kier molecular flexibility index (Phi) is 16.0. The molecule has 0 saturated carbocycles. The van der Waals surface area contributed by atoms with Crippen molar-refractivity contribution >= 4 is 22.0 Å². The lowest BCUT2D eigenvalue weighted by molar-refractivity contribution is -0.124. The number of carbonyl (C=O) groups excluding carboxylic acids is 2. The van der Waals surface area contributed by atoms with Crippen LogP contribution in [0.3, 0.4) is 0 Å². The molecule has 0 saturated heterocycles. The molecule has 280 valence electrons. The first-order valence-corrected chi connectivity index (χ1v) is 18.7. The number of aliphatic hydroxyl groups excluding tert-OH is 2. The van der Waals surface area contributed by atoms with Gasteiger partial charge in [0, 0.05) is 24.5 Å². The van der Waals surface area contributed by atoms with Gasteiger partial charge in [0.2, 0.25) is 15.9 Å². The molecule has 1 unspecified atom stereocenters. The van der Waals surface area contributed by atoms with Gasteiger partial charge in [-0.05, 0) is 98.0 Å². The topological polar surface area (TPSA) is 145 Å². The summed E-state index contributed by atoms with van der Waals surface area (Å²) in [5.41, 5.74) is 1.59. The van der Waals surface area contributed by atoms with Gasteiger partial charge >= 0.3 is 6.09 Å². The summed E-state index contributed by atoms with van der Waals surface area (Å²) in [5, 5.41) is 25.9. The van der Waals surface area contributed by atoms with E-state index in [1.54, 1.807) is 19.1 Å². The molecule has 2 amide bonds. The number of aliphatic hydroxyl groups is 2. The molecule has 0 radical (unpaired) electrons. The number of nitrogens with zero attached hydrogens (tertiary/aromatic N) is 1. The molecular weight excluding hydrogens is 680 g/mol. The van der Waals surface area contributed by atoms with E-state index in [9.17, 15) is 37.0 Å². The van der Waals surface area contributed by atoms with Crippen molar-refractivity contribution in [3.63, 3.8) is 0 Å². The summed E-state index contributed by atoms with van der Waals surface area (Å²) in [6.07, 6.45) is 0.654. The highest BCUT2D eigenvalue weighted by molar-refractivity contribution is 7.89. The number of ether oxygens (including phenoxy) is 1. The Morgan fingerprint density at radius 1 is 0.824 bits per heavy atom. The van der Waals surface area contributed by atoms with E-state index in [2.05, 4.69) is 10.6 Å². The largest absolute Gasteiger partial charge is 0.453 e. The van der Waals surface area contributed by atoms with Gasteiger partial charge in [-0.2, -0.15) is 4.31 Å². The van der Waals surface area contributed by atoms with Crippen LogP contribution in [0.2, 0.25) is 0 Å². The molecule has 3 aromatic rings. The highest BCUT2D eigenvalue weighted by Crippen LogP contribution is 2.30. The van der Waals surface area contributed by atoms with Gasteiger partial charge < -0.3 is 25.6 Å². The van der Waals surface area contributed by atoms with Gasteiger partial charge in [-0.15, -0.1) is 0 Å². The predicted octanol–water partition coefficient (Wildman–Crippen LogP) is 6.04. The lowest BCUT2D eigenvalue weighted by Gasteiger charge is -2.31. The minimum absolute atomic E-state index is 0.0637. The van der Waals surface area contributed by atoms with E-state index in [1.807, 2.05) is 20.8 Å². The highest BCUT2D eigenvalue weighted by atomic mass is 32.2. The Morgan fingerprint density at radius 2 is 1.35 bits per heavy atom. The maximum atomic E-state index is 14.0. The summed E-state index contributed by atoms with van der Waals surface area (Å²) in [5.74, 6) is -2.16. The quantitative estimate of drug-likeness (QED) is 0.118. The zero-order valence-electron chi connectivity index (χ0n) is 29.9. The Hall–Kier alpha value is -3.91. The second-order valence-electron chi connectivity index (χ2n) is 13.1. The van der Waals surface area contributed by atoms with Gasteiger partial charge in [-0.1, -0.05) is 57.2 Å². The van der Waals surface area contributed by atoms with E-state index in [0.717, 1.165) is 7.11 Å². The third-order valence-corrected chi connectivity index (χ3v) is 10.9. The van der Waals surface area contributed by atoms with Crippen LogP contribution in [0, 0.1) is 17.6 Å². The fraction of sp³-hybridized carbons (Fsp3) is 0.474. The molecular formula is C38H51F2N3O7S. The molecule has 51 heavy (non-hydrogen) atoms. The molecule has 0 aromatic heterocycles. The first kappa shape index (κ1) is 41.5. The summed E-state index contributed by atoms with van der Waals surface area (Å²) < 4.78 is 61.7. The molecule has 10 nitrogen and oxygen atoms in total. The molecule has 13 heteroatoms. The number of carbonyl (C=O) groups is 2. The van der Waals surface area contributed by atoms with Crippen LogP contribution in [0.15, 0.2) is 77.7 Å². The Labute approximate surface area is 300 Å². The fourth-order valence-corrected chi connectivity index (χ4v) is 7.60. The van der Waals surface area contributed by atoms with E-state index < -0.39 is 70.4 Å². The van der Waals surface area contributed by atoms with Crippen molar-refractivity contribution in [3.8, 4) is 0 Å². The summed E-state index contributed by atoms with van der Waals surface area (Å²) >= 11 is 0. The number of hydrogen-bond donors (Lipinski definition) is 4. The maximum absolute atomic E-state index is 14.0. The lowest BCUT2D eigenvalue weighted by atomic mass is 9.84. The number of halogens is 2. The van der Waals surface area contributed by atoms with Crippen LogP contribution in [-0.2, 0) is 19.6 Å². The number of amides is 2. The van der Waals surface area contributed by atoms with Crippen LogP contribution < -0.4 is 10.6 Å². The van der Waals surface area contributed by atoms with Crippen LogP contribution in [0.5, 0.6) is 0 Å². The van der Waals surface area contributed by atoms with Crippen LogP contribution in [-0.4, -0.2) is 73.3 Å². The van der Waals surface area contributed by atoms with E-state index in [0.29, 0.717) is 48.8 Å². The second kappa shape index (κ2) is 19.6. The van der Waals surface area contributed by atoms with Crippen molar-refractivity contribution in [3.05, 3.63) is 101 Å². The summed E-state index contributed by atoms with van der Waals surface area (Å²) in [6, 6.07) is 14.6. The van der Waals surface area contributed by atoms with E-state index in [1.165, 1.54) is 65.0 Å². The molecule has 0 heterocycles. The van der Waals surface area contributed by atoms with Gasteiger partial charge in [-0.3, -0.25) is 4.79 Å². The van der Waals surface area contributed by atoms with Gasteiger partial charge in [0.05, 0.1) is 24.7 Å². The lowest BCUT2D eigenvalue weighted by Crippen LogP contribution is -2.52. The fourth-order valence-electron chi connectivity index (χ4n) is 5.94. The number of benzene rings is 3. The van der Waals surface area contributed by atoms with E-state index in [-0.39, 0.29) is 17.4 Å². The molecule has 0 bridgehead atoms. The summed E-state index contributed by atoms with van der Waals surface area (Å²) in [4.78, 5) is 26.5. The number of alkyl carbamates (subject to hydrolysis) is 1. The van der Waals surface area contributed by atoms with Gasteiger partial charge in [-0.25, -0.2) is 22.0 Å². The molecule has 3 rings (SSSR count). The van der Waals surface area contributed by atoms with E-state index in [4.69, 9.17) is 4.74 Å². The van der Waals surface area contributed by atoms with Crippen molar-refractivity contribution in [2.75, 3.05) is 20.3 Å². The van der Waals surface area contributed by atoms with Gasteiger partial charge in [0.1, 0.15) is 17.7 Å². The number of sulfonamides is 1. The Balaban J connectivity index is 1.83. The van der Waals surface area contributed by atoms with Crippen molar-refractivity contribution in [2.45, 2.75) is 94.8 Å². The van der Waals surface area contributed by atoms with Crippen LogP contribution in [0.4, 0.5) is 13.6 Å². The molecule has 0 spiro atoms. The van der Waals surface area contributed by atoms with E-state index >= 15 is 0 Å². The van der Waals surface area contributed by atoms with Crippen LogP contribution >= 0.6 is 0 Å². The Morgan fingerprint density at radius 3 is 1.80 bits per heavy atom. The van der Waals surface area contributed by atoms with Crippen LogP contribution in [0.1, 0.15) is 88.5 Å². The number of hydrogen-bond acceptors (Lipinski definition) is 7.